The van der Waals surface area contributed by atoms with E-state index < -0.39 is 0 Å². The van der Waals surface area contributed by atoms with E-state index in [1.807, 2.05) is 4.68 Å². The fourth-order valence-corrected chi connectivity index (χ4v) is 3.12. The Bertz CT molecular complexity index is 464. The van der Waals surface area contributed by atoms with E-state index >= 15 is 0 Å². The molecule has 1 saturated heterocycles. The van der Waals surface area contributed by atoms with Gasteiger partial charge in [-0.05, 0) is 20.4 Å². The van der Waals surface area contributed by atoms with Crippen LogP contribution in [-0.2, 0) is 24.1 Å². The third kappa shape index (κ3) is 3.76. The van der Waals surface area contributed by atoms with Crippen molar-refractivity contribution in [1.29, 1.82) is 0 Å². The number of aryl methyl sites for hydroxylation is 2. The molecule has 3 N–H and O–H groups in total. The zero-order valence-electron chi connectivity index (χ0n) is 13.1. The Morgan fingerprint density at radius 1 is 1.52 bits per heavy atom. The van der Waals surface area contributed by atoms with Crippen molar-refractivity contribution >= 4 is 11.6 Å². The van der Waals surface area contributed by atoms with Crippen LogP contribution in [-0.4, -0.2) is 53.6 Å². The van der Waals surface area contributed by atoms with Crippen LogP contribution in [0.1, 0.15) is 25.2 Å². The van der Waals surface area contributed by atoms with Crippen molar-refractivity contribution in [2.75, 3.05) is 26.7 Å². The predicted octanol–water partition coefficient (Wildman–Crippen LogP) is 0.824. The van der Waals surface area contributed by atoms with E-state index in [-0.39, 0.29) is 12.1 Å². The van der Waals surface area contributed by atoms with Crippen molar-refractivity contribution in [3.63, 3.8) is 0 Å². The average Bonchev–Trinajstić information content (AvgIpc) is 2.80. The molecule has 1 aromatic heterocycles. The predicted molar refractivity (Wildman–Crippen MR) is 84.3 cm³/mol. The Morgan fingerprint density at radius 2 is 2.29 bits per heavy atom. The first kappa shape index (κ1) is 16.7. The zero-order chi connectivity index (χ0) is 15.4. The van der Waals surface area contributed by atoms with Crippen LogP contribution in [0.15, 0.2) is 0 Å². The van der Waals surface area contributed by atoms with Gasteiger partial charge in [0.1, 0.15) is 0 Å². The van der Waals surface area contributed by atoms with Gasteiger partial charge in [0.25, 0.3) is 0 Å². The van der Waals surface area contributed by atoms with Gasteiger partial charge in [-0.15, -0.1) is 0 Å². The summed E-state index contributed by atoms with van der Waals surface area (Å²) in [6.07, 6.45) is 1.62. The van der Waals surface area contributed by atoms with Gasteiger partial charge in [-0.1, -0.05) is 18.5 Å². The summed E-state index contributed by atoms with van der Waals surface area (Å²) >= 11 is 6.47. The highest BCUT2D eigenvalue weighted by Gasteiger charge is 2.28. The number of likely N-dealkylation sites (N-methyl/N-ethyl adjacent to an activating group) is 1. The van der Waals surface area contributed by atoms with Crippen LogP contribution in [0.25, 0.3) is 0 Å². The minimum absolute atomic E-state index is 0.0250. The van der Waals surface area contributed by atoms with E-state index in [9.17, 15) is 0 Å². The minimum Gasteiger partial charge on any atom is -0.374 e. The lowest BCUT2D eigenvalue weighted by Crippen LogP contribution is -2.54. The lowest BCUT2D eigenvalue weighted by Gasteiger charge is -2.35. The molecule has 0 spiro atoms. The number of nitrogens with one attached hydrogen (secondary N) is 1. The molecule has 0 saturated carbocycles. The van der Waals surface area contributed by atoms with E-state index in [1.165, 1.54) is 0 Å². The monoisotopic (exact) mass is 315 g/mol. The van der Waals surface area contributed by atoms with Crippen LogP contribution in [0.3, 0.4) is 0 Å². The first-order valence-corrected chi connectivity index (χ1v) is 7.98. The van der Waals surface area contributed by atoms with E-state index in [2.05, 4.69) is 36.3 Å². The summed E-state index contributed by atoms with van der Waals surface area (Å²) in [5.41, 5.74) is 4.88. The van der Waals surface area contributed by atoms with E-state index in [4.69, 9.17) is 22.2 Å². The highest BCUT2D eigenvalue weighted by Crippen LogP contribution is 2.24. The third-order valence-corrected chi connectivity index (χ3v) is 4.50. The second kappa shape index (κ2) is 7.56. The number of aromatic nitrogens is 2. The first-order chi connectivity index (χ1) is 10.1. The van der Waals surface area contributed by atoms with Crippen molar-refractivity contribution in [1.82, 2.24) is 20.1 Å². The summed E-state index contributed by atoms with van der Waals surface area (Å²) in [6.45, 7) is 7.50. The number of nitrogens with zero attached hydrogens (tertiary/aromatic N) is 3. The van der Waals surface area contributed by atoms with Gasteiger partial charge in [0.15, 0.2) is 0 Å². The molecule has 6 nitrogen and oxygen atoms in total. The quantitative estimate of drug-likeness (QED) is 0.601. The maximum Gasteiger partial charge on any atom is 0.0872 e. The average molecular weight is 316 g/mol. The Kier molecular flexibility index (Phi) is 6.01. The molecule has 0 radical (unpaired) electrons. The van der Waals surface area contributed by atoms with Crippen LogP contribution in [0.2, 0.25) is 5.02 Å². The van der Waals surface area contributed by atoms with Crippen molar-refractivity contribution in [2.24, 2.45) is 5.84 Å². The highest BCUT2D eigenvalue weighted by atomic mass is 35.5. The Labute approximate surface area is 131 Å². The van der Waals surface area contributed by atoms with Crippen LogP contribution in [0.4, 0.5) is 0 Å². The summed E-state index contributed by atoms with van der Waals surface area (Å²) in [7, 11) is 2.10. The summed E-state index contributed by atoms with van der Waals surface area (Å²) in [4.78, 5) is 2.26. The van der Waals surface area contributed by atoms with Crippen molar-refractivity contribution in [2.45, 2.75) is 45.4 Å². The second-order valence-electron chi connectivity index (χ2n) is 5.53. The minimum atomic E-state index is 0.0250. The third-order valence-electron chi connectivity index (χ3n) is 4.07. The number of ether oxygens (including phenoxy) is 1. The Balaban J connectivity index is 2.16. The molecule has 2 rings (SSSR count). The van der Waals surface area contributed by atoms with Crippen LogP contribution >= 0.6 is 11.6 Å². The Morgan fingerprint density at radius 3 is 2.86 bits per heavy atom. The van der Waals surface area contributed by atoms with Gasteiger partial charge in [-0.25, -0.2) is 0 Å². The maximum atomic E-state index is 6.47. The second-order valence-corrected chi connectivity index (χ2v) is 5.90. The molecule has 2 unspecified atom stereocenters. The SMILES string of the molecule is CCc1nn(CC)c(CC(NN)C2CN(C)CCO2)c1Cl. The summed E-state index contributed by atoms with van der Waals surface area (Å²) < 4.78 is 7.83. The molecular formula is C14H26ClN5O. The fourth-order valence-electron chi connectivity index (χ4n) is 2.77. The van der Waals surface area contributed by atoms with Gasteiger partial charge in [0.2, 0.25) is 0 Å². The molecule has 21 heavy (non-hydrogen) atoms. The molecule has 0 amide bonds. The van der Waals surface area contributed by atoms with Gasteiger partial charge in [0, 0.05) is 26.1 Å². The van der Waals surface area contributed by atoms with Crippen molar-refractivity contribution < 1.29 is 4.74 Å². The van der Waals surface area contributed by atoms with Gasteiger partial charge < -0.3 is 9.64 Å². The van der Waals surface area contributed by atoms with Gasteiger partial charge in [-0.2, -0.15) is 5.10 Å². The van der Waals surface area contributed by atoms with Gasteiger partial charge >= 0.3 is 0 Å². The summed E-state index contributed by atoms with van der Waals surface area (Å²) in [5.74, 6) is 5.76. The number of halogens is 1. The topological polar surface area (TPSA) is 68.3 Å². The van der Waals surface area contributed by atoms with Crippen LogP contribution in [0.5, 0.6) is 0 Å². The van der Waals surface area contributed by atoms with Crippen molar-refractivity contribution in [3.05, 3.63) is 16.4 Å². The lowest BCUT2D eigenvalue weighted by molar-refractivity contribution is -0.0387. The van der Waals surface area contributed by atoms with Crippen LogP contribution < -0.4 is 11.3 Å². The van der Waals surface area contributed by atoms with Crippen molar-refractivity contribution in [3.8, 4) is 0 Å². The zero-order valence-corrected chi connectivity index (χ0v) is 13.9. The van der Waals surface area contributed by atoms with Crippen LogP contribution in [0, 0.1) is 0 Å². The smallest absolute Gasteiger partial charge is 0.0872 e. The molecule has 120 valence electrons. The van der Waals surface area contributed by atoms with E-state index in [0.717, 1.165) is 49.1 Å². The van der Waals surface area contributed by atoms with E-state index in [1.54, 1.807) is 0 Å². The molecule has 0 aromatic carbocycles. The molecule has 1 aliphatic rings. The molecule has 0 bridgehead atoms. The normalized spacial score (nSPS) is 21.7. The molecular weight excluding hydrogens is 290 g/mol. The number of hydrazine groups is 1. The molecule has 0 aliphatic carbocycles. The fraction of sp³-hybridized carbons (Fsp3) is 0.786. The number of rotatable bonds is 6. The molecule has 2 atom stereocenters. The lowest BCUT2D eigenvalue weighted by atomic mass is 10.0. The number of hydrogen-bond acceptors (Lipinski definition) is 5. The van der Waals surface area contributed by atoms with Gasteiger partial charge in [0.05, 0.1) is 35.2 Å². The maximum absolute atomic E-state index is 6.47. The summed E-state index contributed by atoms with van der Waals surface area (Å²) in [5, 5.41) is 5.33. The largest absolute Gasteiger partial charge is 0.374 e. The summed E-state index contributed by atoms with van der Waals surface area (Å²) in [6, 6.07) is 0.0250. The number of morpholine rings is 1. The van der Waals surface area contributed by atoms with Gasteiger partial charge in [-0.3, -0.25) is 16.0 Å². The molecule has 7 heteroatoms. The van der Waals surface area contributed by atoms with E-state index in [0.29, 0.717) is 6.42 Å². The standard InChI is InChI=1S/C14H26ClN5O/c1-4-10-14(15)12(20(5-2)18-10)8-11(17-16)13-9-19(3)6-7-21-13/h11,13,17H,4-9,16H2,1-3H3. The molecule has 1 fully saturated rings. The molecule has 1 aliphatic heterocycles. The highest BCUT2D eigenvalue weighted by molar-refractivity contribution is 6.31. The number of nitrogens with two attached hydrogens (primary N) is 1. The number of hydrogen-bond donors (Lipinski definition) is 2. The Hall–Kier alpha value is -0.660. The molecule has 2 heterocycles. The first-order valence-electron chi connectivity index (χ1n) is 7.60. The molecule has 1 aromatic rings.